The lowest BCUT2D eigenvalue weighted by molar-refractivity contribution is -0.141. The molecule has 0 saturated heterocycles. The molecule has 1 heterocycles. The summed E-state index contributed by atoms with van der Waals surface area (Å²) in [5.41, 5.74) is 3.69. The summed E-state index contributed by atoms with van der Waals surface area (Å²) in [4.78, 5) is 30.2. The second kappa shape index (κ2) is 12.2. The normalized spacial score (nSPS) is 11.5. The van der Waals surface area contributed by atoms with Gasteiger partial charge in [-0.2, -0.15) is 0 Å². The lowest BCUT2D eigenvalue weighted by Crippen LogP contribution is -2.43. The summed E-state index contributed by atoms with van der Waals surface area (Å²) in [5.74, 6) is 0.333. The zero-order chi connectivity index (χ0) is 25.3. The number of carbonyl (C=O) groups is 2. The van der Waals surface area contributed by atoms with E-state index in [1.165, 1.54) is 11.3 Å². The number of thiophene rings is 1. The molecule has 4 aromatic rings. The molecule has 0 aliphatic heterocycles. The van der Waals surface area contributed by atoms with Gasteiger partial charge in [-0.1, -0.05) is 84.4 Å². The van der Waals surface area contributed by atoms with E-state index < -0.39 is 6.04 Å². The Balaban J connectivity index is 1.71. The van der Waals surface area contributed by atoms with Crippen LogP contribution >= 0.6 is 11.3 Å². The third-order valence-electron chi connectivity index (χ3n) is 6.02. The fourth-order valence-electron chi connectivity index (χ4n) is 4.11. The second-order valence-corrected chi connectivity index (χ2v) is 9.64. The molecular weight excluding hydrogens is 468 g/mol. The number of aryl methyl sites for hydroxylation is 1. The molecule has 5 nitrogen and oxygen atoms in total. The number of methoxy groups -OCH3 is 1. The Morgan fingerprint density at radius 3 is 2.33 bits per heavy atom. The third kappa shape index (κ3) is 6.40. The minimum atomic E-state index is -0.799. The third-order valence-corrected chi connectivity index (χ3v) is 6.90. The van der Waals surface area contributed by atoms with Crippen LogP contribution in [0.15, 0.2) is 96.4 Å². The lowest BCUT2D eigenvalue weighted by Gasteiger charge is -2.32. The van der Waals surface area contributed by atoms with Crippen molar-refractivity contribution in [3.63, 3.8) is 0 Å². The zero-order valence-electron chi connectivity index (χ0n) is 20.5. The summed E-state index contributed by atoms with van der Waals surface area (Å²) in [7, 11) is 1.61. The molecule has 0 aliphatic rings. The number of hydrogen-bond acceptors (Lipinski definition) is 4. The first kappa shape index (κ1) is 25.2. The number of benzene rings is 3. The van der Waals surface area contributed by atoms with E-state index in [4.69, 9.17) is 4.74 Å². The van der Waals surface area contributed by atoms with E-state index in [2.05, 4.69) is 5.32 Å². The van der Waals surface area contributed by atoms with Crippen LogP contribution in [0.3, 0.4) is 0 Å². The van der Waals surface area contributed by atoms with E-state index in [1.54, 1.807) is 12.0 Å². The minimum absolute atomic E-state index is 0.121. The predicted octanol–water partition coefficient (Wildman–Crippen LogP) is 5.69. The molecule has 4 rings (SSSR count). The maximum atomic E-state index is 13.8. The van der Waals surface area contributed by atoms with Crippen molar-refractivity contribution in [2.24, 2.45) is 0 Å². The highest BCUT2D eigenvalue weighted by molar-refractivity contribution is 7.10. The summed E-state index contributed by atoms with van der Waals surface area (Å²) in [6.07, 6.45) is 0.223. The molecule has 0 saturated carbocycles. The van der Waals surface area contributed by atoms with E-state index in [-0.39, 0.29) is 24.8 Å². The fraction of sp³-hybridized carbons (Fsp3) is 0.200. The second-order valence-electron chi connectivity index (χ2n) is 8.61. The first-order valence-electron chi connectivity index (χ1n) is 11.9. The van der Waals surface area contributed by atoms with Gasteiger partial charge >= 0.3 is 0 Å². The van der Waals surface area contributed by atoms with Crippen LogP contribution in [0.1, 0.15) is 33.2 Å². The van der Waals surface area contributed by atoms with Gasteiger partial charge in [0, 0.05) is 17.0 Å². The van der Waals surface area contributed by atoms with E-state index in [1.807, 2.05) is 103 Å². The van der Waals surface area contributed by atoms with Crippen LogP contribution in [-0.2, 0) is 29.1 Å². The van der Waals surface area contributed by atoms with Gasteiger partial charge in [0.1, 0.15) is 11.8 Å². The summed E-state index contributed by atoms with van der Waals surface area (Å²) in [6, 6.07) is 28.2. The molecule has 1 N–H and O–H groups in total. The van der Waals surface area contributed by atoms with Gasteiger partial charge in [0.2, 0.25) is 11.8 Å². The van der Waals surface area contributed by atoms with Gasteiger partial charge in [-0.15, -0.1) is 11.3 Å². The standard InChI is InChI=1S/C30H30N2O3S/c1-22-14-16-24(17-15-22)29(30(34)31-20-23-9-4-3-5-10-23)32(28(33)19-26-12-8-18-36-26)21-25-11-6-7-13-27(25)35-2/h3-18,29H,19-21H2,1-2H3,(H,31,34)/t29-/m0/s1. The van der Waals surface area contributed by atoms with E-state index in [9.17, 15) is 9.59 Å². The summed E-state index contributed by atoms with van der Waals surface area (Å²) < 4.78 is 5.56. The van der Waals surface area contributed by atoms with Gasteiger partial charge in [0.15, 0.2) is 0 Å². The van der Waals surface area contributed by atoms with Crippen molar-refractivity contribution in [1.29, 1.82) is 0 Å². The first-order valence-corrected chi connectivity index (χ1v) is 12.7. The number of nitrogens with zero attached hydrogens (tertiary/aromatic N) is 1. The largest absolute Gasteiger partial charge is 0.496 e. The van der Waals surface area contributed by atoms with Crippen molar-refractivity contribution in [3.8, 4) is 5.75 Å². The average molecular weight is 499 g/mol. The van der Waals surface area contributed by atoms with Gasteiger partial charge in [0.25, 0.3) is 0 Å². The smallest absolute Gasteiger partial charge is 0.247 e. The molecule has 184 valence electrons. The van der Waals surface area contributed by atoms with E-state index in [0.717, 1.165) is 27.1 Å². The highest BCUT2D eigenvalue weighted by Gasteiger charge is 2.32. The molecule has 0 bridgehead atoms. The highest BCUT2D eigenvalue weighted by Crippen LogP contribution is 2.29. The van der Waals surface area contributed by atoms with Crippen molar-refractivity contribution >= 4 is 23.2 Å². The topological polar surface area (TPSA) is 58.6 Å². The molecule has 6 heteroatoms. The summed E-state index contributed by atoms with van der Waals surface area (Å²) >= 11 is 1.54. The minimum Gasteiger partial charge on any atom is -0.496 e. The van der Waals surface area contributed by atoms with Crippen molar-refractivity contribution in [3.05, 3.63) is 124 Å². The maximum Gasteiger partial charge on any atom is 0.247 e. The molecular formula is C30H30N2O3S. The molecule has 0 unspecified atom stereocenters. The Bertz CT molecular complexity index is 1270. The first-order chi connectivity index (χ1) is 17.5. The number of amides is 2. The zero-order valence-corrected chi connectivity index (χ0v) is 21.3. The van der Waals surface area contributed by atoms with Crippen LogP contribution in [0.5, 0.6) is 5.75 Å². The number of hydrogen-bond donors (Lipinski definition) is 1. The number of para-hydroxylation sites is 1. The highest BCUT2D eigenvalue weighted by atomic mass is 32.1. The molecule has 1 aromatic heterocycles. The lowest BCUT2D eigenvalue weighted by atomic mass is 10.0. The number of ether oxygens (including phenoxy) is 1. The van der Waals surface area contributed by atoms with Gasteiger partial charge < -0.3 is 15.0 Å². The van der Waals surface area contributed by atoms with E-state index in [0.29, 0.717) is 12.3 Å². The molecule has 2 amide bonds. The Hall–Kier alpha value is -3.90. The number of carbonyl (C=O) groups excluding carboxylic acids is 2. The van der Waals surface area contributed by atoms with Gasteiger partial charge in [-0.05, 0) is 35.6 Å². The van der Waals surface area contributed by atoms with Gasteiger partial charge in [0.05, 0.1) is 20.1 Å². The maximum absolute atomic E-state index is 13.8. The van der Waals surface area contributed by atoms with Gasteiger partial charge in [-0.3, -0.25) is 9.59 Å². The molecule has 0 aliphatic carbocycles. The summed E-state index contributed by atoms with van der Waals surface area (Å²) in [6.45, 7) is 2.62. The molecule has 0 fully saturated rings. The molecule has 1 atom stereocenters. The molecule has 36 heavy (non-hydrogen) atoms. The Morgan fingerprint density at radius 2 is 1.64 bits per heavy atom. The Kier molecular flexibility index (Phi) is 8.53. The number of rotatable bonds is 10. The van der Waals surface area contributed by atoms with Crippen LogP contribution < -0.4 is 10.1 Å². The van der Waals surface area contributed by atoms with Crippen molar-refractivity contribution in [2.75, 3.05) is 7.11 Å². The van der Waals surface area contributed by atoms with Crippen molar-refractivity contribution in [2.45, 2.75) is 32.5 Å². The van der Waals surface area contributed by atoms with Crippen molar-refractivity contribution < 1.29 is 14.3 Å². The SMILES string of the molecule is COc1ccccc1CN(C(=O)Cc1cccs1)[C@H](C(=O)NCc1ccccc1)c1ccc(C)cc1. The van der Waals surface area contributed by atoms with Crippen LogP contribution in [-0.4, -0.2) is 23.8 Å². The molecule has 0 radical (unpaired) electrons. The Labute approximate surface area is 216 Å². The molecule has 3 aromatic carbocycles. The van der Waals surface area contributed by atoms with Crippen molar-refractivity contribution in [1.82, 2.24) is 10.2 Å². The van der Waals surface area contributed by atoms with Crippen LogP contribution in [0.25, 0.3) is 0 Å². The van der Waals surface area contributed by atoms with Gasteiger partial charge in [-0.25, -0.2) is 0 Å². The average Bonchev–Trinajstić information content (AvgIpc) is 3.42. The fourth-order valence-corrected chi connectivity index (χ4v) is 4.80. The predicted molar refractivity (Wildman–Crippen MR) is 144 cm³/mol. The monoisotopic (exact) mass is 498 g/mol. The van der Waals surface area contributed by atoms with E-state index >= 15 is 0 Å². The van der Waals surface area contributed by atoms with Crippen LogP contribution in [0.2, 0.25) is 0 Å². The number of nitrogens with one attached hydrogen (secondary N) is 1. The quantitative estimate of drug-likeness (QED) is 0.305. The molecule has 0 spiro atoms. The van der Waals surface area contributed by atoms with Crippen LogP contribution in [0.4, 0.5) is 0 Å². The van der Waals surface area contributed by atoms with Crippen LogP contribution in [0, 0.1) is 6.92 Å². The Morgan fingerprint density at radius 1 is 0.917 bits per heavy atom. The summed E-state index contributed by atoms with van der Waals surface area (Å²) in [5, 5.41) is 5.01.